The van der Waals surface area contributed by atoms with Crippen molar-refractivity contribution in [2.45, 2.75) is 32.6 Å². The number of carbonyl (C=O) groups is 2. The summed E-state index contributed by atoms with van der Waals surface area (Å²) in [5.41, 5.74) is 0. The van der Waals surface area contributed by atoms with E-state index in [9.17, 15) is 9.59 Å². The number of esters is 1. The highest BCUT2D eigenvalue weighted by molar-refractivity contribution is 7.80. The van der Waals surface area contributed by atoms with Gasteiger partial charge < -0.3 is 10.1 Å². The molecule has 0 aromatic carbocycles. The highest BCUT2D eigenvalue weighted by Gasteiger charge is 2.38. The average molecular weight is 299 g/mol. The molecule has 6 nitrogen and oxygen atoms in total. The quantitative estimate of drug-likeness (QED) is 0.595. The molecule has 7 heteroatoms. The van der Waals surface area contributed by atoms with E-state index in [-0.39, 0.29) is 24.2 Å². The van der Waals surface area contributed by atoms with Crippen molar-refractivity contribution in [1.29, 1.82) is 0 Å². The normalized spacial score (nSPS) is 18.1. The van der Waals surface area contributed by atoms with Crippen molar-refractivity contribution in [2.75, 3.05) is 26.2 Å². The van der Waals surface area contributed by atoms with Gasteiger partial charge in [0.25, 0.3) is 0 Å². The van der Waals surface area contributed by atoms with Crippen molar-refractivity contribution in [1.82, 2.24) is 15.3 Å². The summed E-state index contributed by atoms with van der Waals surface area (Å²) in [6, 6.07) is 0. The summed E-state index contributed by atoms with van der Waals surface area (Å²) in [7, 11) is 0. The number of nitrogens with zero attached hydrogens (tertiary/aromatic N) is 2. The summed E-state index contributed by atoms with van der Waals surface area (Å²) in [4.78, 5) is 23.3. The van der Waals surface area contributed by atoms with Crippen molar-refractivity contribution >= 4 is 29.2 Å². The molecule has 1 heterocycles. The molecule has 0 unspecified atom stereocenters. The maximum absolute atomic E-state index is 12.1. The fraction of sp³-hybridized carbons (Fsp3) is 0.769. The zero-order valence-corrected chi connectivity index (χ0v) is 12.6. The largest absolute Gasteiger partial charge is 0.466 e. The van der Waals surface area contributed by atoms with Gasteiger partial charge >= 0.3 is 5.97 Å². The summed E-state index contributed by atoms with van der Waals surface area (Å²) in [5.74, 6) is 0.130. The number of amides is 1. The Balaban J connectivity index is 1.76. The molecule has 112 valence electrons. The lowest BCUT2D eigenvalue weighted by Crippen LogP contribution is -2.49. The predicted molar refractivity (Wildman–Crippen MR) is 77.6 cm³/mol. The molecular formula is C13H21N3O3S. The van der Waals surface area contributed by atoms with E-state index in [0.29, 0.717) is 18.3 Å². The highest BCUT2D eigenvalue weighted by Crippen LogP contribution is 2.32. The van der Waals surface area contributed by atoms with Crippen molar-refractivity contribution in [3.05, 3.63) is 0 Å². The number of rotatable bonds is 5. The van der Waals surface area contributed by atoms with Crippen LogP contribution in [-0.2, 0) is 14.3 Å². The Morgan fingerprint density at radius 3 is 2.65 bits per heavy atom. The first-order valence-electron chi connectivity index (χ1n) is 7.15. The summed E-state index contributed by atoms with van der Waals surface area (Å²) in [6.07, 6.45) is 3.19. The highest BCUT2D eigenvalue weighted by atomic mass is 32.1. The SMILES string of the molecule is CCOC(=O)CCNC(=S)N1CCCN1C(=O)C1CC1. The van der Waals surface area contributed by atoms with Crippen LogP contribution in [0.25, 0.3) is 0 Å². The zero-order valence-electron chi connectivity index (χ0n) is 11.8. The molecule has 2 fully saturated rings. The fourth-order valence-corrected chi connectivity index (χ4v) is 2.48. The third-order valence-corrected chi connectivity index (χ3v) is 3.71. The molecule has 2 rings (SSSR count). The van der Waals surface area contributed by atoms with Crippen LogP contribution in [0.3, 0.4) is 0 Å². The van der Waals surface area contributed by atoms with E-state index in [0.717, 1.165) is 32.4 Å². The first-order chi connectivity index (χ1) is 9.63. The smallest absolute Gasteiger partial charge is 0.307 e. The van der Waals surface area contributed by atoms with Crippen LogP contribution in [0.1, 0.15) is 32.6 Å². The van der Waals surface area contributed by atoms with Gasteiger partial charge in [0.05, 0.1) is 13.0 Å². The second-order valence-electron chi connectivity index (χ2n) is 5.00. The minimum absolute atomic E-state index is 0.178. The maximum atomic E-state index is 12.1. The lowest BCUT2D eigenvalue weighted by Gasteiger charge is -2.30. The minimum Gasteiger partial charge on any atom is -0.466 e. The summed E-state index contributed by atoms with van der Waals surface area (Å²) in [6.45, 7) is 4.08. The van der Waals surface area contributed by atoms with Gasteiger partial charge in [0.1, 0.15) is 0 Å². The van der Waals surface area contributed by atoms with Gasteiger partial charge in [-0.25, -0.2) is 0 Å². The van der Waals surface area contributed by atoms with Crippen molar-refractivity contribution < 1.29 is 14.3 Å². The number of hydrogen-bond acceptors (Lipinski definition) is 4. The fourth-order valence-electron chi connectivity index (χ4n) is 2.19. The number of thiocarbonyl (C=S) groups is 1. The molecule has 0 atom stereocenters. The molecule has 1 amide bonds. The Morgan fingerprint density at radius 1 is 1.30 bits per heavy atom. The summed E-state index contributed by atoms with van der Waals surface area (Å²) in [5, 5.41) is 7.10. The molecular weight excluding hydrogens is 278 g/mol. The zero-order chi connectivity index (χ0) is 14.5. The second kappa shape index (κ2) is 6.88. The van der Waals surface area contributed by atoms with E-state index < -0.39 is 0 Å². The van der Waals surface area contributed by atoms with Crippen LogP contribution in [0.15, 0.2) is 0 Å². The molecule has 0 bridgehead atoms. The monoisotopic (exact) mass is 299 g/mol. The van der Waals surface area contributed by atoms with Crippen LogP contribution in [0.5, 0.6) is 0 Å². The summed E-state index contributed by atoms with van der Waals surface area (Å²) < 4.78 is 4.85. The van der Waals surface area contributed by atoms with Crippen LogP contribution in [-0.4, -0.2) is 53.2 Å². The van der Waals surface area contributed by atoms with Crippen molar-refractivity contribution in [3.63, 3.8) is 0 Å². The molecule has 2 aliphatic rings. The number of hydrogen-bond donors (Lipinski definition) is 1. The number of carbonyl (C=O) groups excluding carboxylic acids is 2. The Morgan fingerprint density at radius 2 is 2.00 bits per heavy atom. The van der Waals surface area contributed by atoms with Gasteiger partial charge in [0.15, 0.2) is 5.11 Å². The van der Waals surface area contributed by atoms with E-state index >= 15 is 0 Å². The van der Waals surface area contributed by atoms with Gasteiger partial charge in [0, 0.05) is 25.6 Å². The molecule has 1 N–H and O–H groups in total. The van der Waals surface area contributed by atoms with Crippen LogP contribution in [0.2, 0.25) is 0 Å². The van der Waals surface area contributed by atoms with Crippen LogP contribution >= 0.6 is 12.2 Å². The Bertz CT molecular complexity index is 398. The van der Waals surface area contributed by atoms with Crippen LogP contribution < -0.4 is 5.32 Å². The molecule has 20 heavy (non-hydrogen) atoms. The summed E-state index contributed by atoms with van der Waals surface area (Å²) >= 11 is 5.30. The molecule has 1 aliphatic carbocycles. The molecule has 1 saturated heterocycles. The van der Waals surface area contributed by atoms with Gasteiger partial charge in [-0.15, -0.1) is 0 Å². The second-order valence-corrected chi connectivity index (χ2v) is 5.39. The number of ether oxygens (including phenoxy) is 1. The molecule has 0 aromatic rings. The lowest BCUT2D eigenvalue weighted by molar-refractivity contribution is -0.143. The van der Waals surface area contributed by atoms with Crippen molar-refractivity contribution in [3.8, 4) is 0 Å². The third kappa shape index (κ3) is 3.82. The number of nitrogens with one attached hydrogen (secondary N) is 1. The van der Waals surface area contributed by atoms with E-state index in [1.807, 2.05) is 5.01 Å². The van der Waals surface area contributed by atoms with Gasteiger partial charge in [-0.2, -0.15) is 0 Å². The van der Waals surface area contributed by atoms with Crippen molar-refractivity contribution in [2.24, 2.45) is 5.92 Å². The van der Waals surface area contributed by atoms with Crippen LogP contribution in [0, 0.1) is 5.92 Å². The van der Waals surface area contributed by atoms with Gasteiger partial charge in [-0.05, 0) is 38.4 Å². The van der Waals surface area contributed by atoms with E-state index in [4.69, 9.17) is 17.0 Å². The third-order valence-electron chi connectivity index (χ3n) is 3.36. The lowest BCUT2D eigenvalue weighted by atomic mass is 10.4. The topological polar surface area (TPSA) is 61.9 Å². The molecule has 0 spiro atoms. The van der Waals surface area contributed by atoms with Gasteiger partial charge in [0.2, 0.25) is 5.91 Å². The van der Waals surface area contributed by atoms with E-state index in [1.165, 1.54) is 0 Å². The molecule has 0 aromatic heterocycles. The first kappa shape index (κ1) is 15.0. The molecule has 1 saturated carbocycles. The average Bonchev–Trinajstić information content (AvgIpc) is 3.15. The van der Waals surface area contributed by atoms with Gasteiger partial charge in [-0.1, -0.05) is 0 Å². The standard InChI is InChI=1S/C13H21N3O3S/c1-2-19-11(17)6-7-14-13(20)16-9-3-8-15(16)12(18)10-4-5-10/h10H,2-9H2,1H3,(H,14,20). The van der Waals surface area contributed by atoms with Gasteiger partial charge in [-0.3, -0.25) is 19.6 Å². The number of hydrazine groups is 1. The minimum atomic E-state index is -0.241. The Labute approximate surface area is 124 Å². The Hall–Kier alpha value is -1.37. The predicted octanol–water partition coefficient (Wildman–Crippen LogP) is 0.673. The first-order valence-corrected chi connectivity index (χ1v) is 7.56. The maximum Gasteiger partial charge on any atom is 0.307 e. The molecule has 0 radical (unpaired) electrons. The van der Waals surface area contributed by atoms with E-state index in [1.54, 1.807) is 11.9 Å². The van der Waals surface area contributed by atoms with Crippen LogP contribution in [0.4, 0.5) is 0 Å². The molecule has 1 aliphatic heterocycles. The van der Waals surface area contributed by atoms with E-state index in [2.05, 4.69) is 5.32 Å². The Kier molecular flexibility index (Phi) is 5.17.